The van der Waals surface area contributed by atoms with Crippen molar-refractivity contribution in [1.29, 1.82) is 0 Å². The second-order valence-electron chi connectivity index (χ2n) is 2.02. The number of carbonyl (C=O) groups excluding carboxylic acids is 1. The number of allylic oxidation sites excluding steroid dienone is 2. The largest absolute Gasteiger partial charge is 0.294 e. The van der Waals surface area contributed by atoms with E-state index in [1.807, 2.05) is 0 Å². The third-order valence-corrected chi connectivity index (χ3v) is 1.49. The first-order chi connectivity index (χ1) is 5.11. The fraction of sp³-hybridized carbons (Fsp3) is 0.167. The summed E-state index contributed by atoms with van der Waals surface area (Å²) >= 11 is 5.44. The zero-order chi connectivity index (χ0) is 8.43. The molecule has 0 aliphatic heterocycles. The van der Waals surface area contributed by atoms with Gasteiger partial charge < -0.3 is 0 Å². The van der Waals surface area contributed by atoms with Crippen molar-refractivity contribution in [3.63, 3.8) is 0 Å². The SMILES string of the molecule is O=C1C=CC(Cl)=CC1[N+](=O)[O-]. The molecule has 0 fully saturated rings. The lowest BCUT2D eigenvalue weighted by Gasteiger charge is -2.04. The smallest absolute Gasteiger partial charge is 0.287 e. The molecule has 4 nitrogen and oxygen atoms in total. The van der Waals surface area contributed by atoms with Crippen LogP contribution in [-0.4, -0.2) is 16.7 Å². The van der Waals surface area contributed by atoms with Crippen LogP contribution in [0.2, 0.25) is 0 Å². The molecule has 0 radical (unpaired) electrons. The van der Waals surface area contributed by atoms with Crippen LogP contribution in [0.3, 0.4) is 0 Å². The maximum absolute atomic E-state index is 10.7. The fourth-order valence-electron chi connectivity index (χ4n) is 0.714. The first-order valence-corrected chi connectivity index (χ1v) is 3.22. The number of rotatable bonds is 1. The van der Waals surface area contributed by atoms with Gasteiger partial charge in [-0.1, -0.05) is 11.6 Å². The van der Waals surface area contributed by atoms with Gasteiger partial charge in [-0.05, 0) is 12.2 Å². The van der Waals surface area contributed by atoms with Gasteiger partial charge in [0.1, 0.15) is 0 Å². The standard InChI is InChI=1S/C6H4ClNO3/c7-4-1-2-6(9)5(3-4)8(10)11/h1-3,5H. The van der Waals surface area contributed by atoms with E-state index in [2.05, 4.69) is 0 Å². The van der Waals surface area contributed by atoms with E-state index in [1.165, 1.54) is 6.08 Å². The molecule has 1 rings (SSSR count). The van der Waals surface area contributed by atoms with Crippen LogP contribution in [0.1, 0.15) is 0 Å². The zero-order valence-electron chi connectivity index (χ0n) is 5.36. The van der Waals surface area contributed by atoms with Crippen molar-refractivity contribution < 1.29 is 9.72 Å². The topological polar surface area (TPSA) is 60.2 Å². The lowest BCUT2D eigenvalue weighted by molar-refractivity contribution is -0.494. The molecule has 0 amide bonds. The van der Waals surface area contributed by atoms with Crippen LogP contribution in [0, 0.1) is 10.1 Å². The van der Waals surface area contributed by atoms with Crippen LogP contribution in [0.15, 0.2) is 23.3 Å². The molecule has 0 aromatic heterocycles. The number of hydrogen-bond acceptors (Lipinski definition) is 3. The van der Waals surface area contributed by atoms with Crippen molar-refractivity contribution in [2.24, 2.45) is 0 Å². The average molecular weight is 174 g/mol. The lowest BCUT2D eigenvalue weighted by atomic mass is 10.1. The van der Waals surface area contributed by atoms with Gasteiger partial charge in [0.25, 0.3) is 6.04 Å². The first-order valence-electron chi connectivity index (χ1n) is 2.84. The van der Waals surface area contributed by atoms with Gasteiger partial charge >= 0.3 is 0 Å². The summed E-state index contributed by atoms with van der Waals surface area (Å²) in [5.41, 5.74) is 0. The van der Waals surface area contributed by atoms with E-state index in [9.17, 15) is 14.9 Å². The number of carbonyl (C=O) groups is 1. The van der Waals surface area contributed by atoms with E-state index < -0.39 is 16.7 Å². The summed E-state index contributed by atoms with van der Waals surface area (Å²) in [6.45, 7) is 0. The Morgan fingerprint density at radius 2 is 2.18 bits per heavy atom. The van der Waals surface area contributed by atoms with E-state index in [0.29, 0.717) is 0 Å². The van der Waals surface area contributed by atoms with Crippen molar-refractivity contribution >= 4 is 17.4 Å². The third-order valence-electron chi connectivity index (χ3n) is 1.24. The second-order valence-corrected chi connectivity index (χ2v) is 2.45. The van der Waals surface area contributed by atoms with Crippen LogP contribution < -0.4 is 0 Å². The summed E-state index contributed by atoms with van der Waals surface area (Å²) in [6, 6.07) is -1.30. The Morgan fingerprint density at radius 3 is 2.64 bits per heavy atom. The molecule has 0 aromatic carbocycles. The monoisotopic (exact) mass is 173 g/mol. The van der Waals surface area contributed by atoms with Crippen LogP contribution in [0.4, 0.5) is 0 Å². The van der Waals surface area contributed by atoms with E-state index >= 15 is 0 Å². The van der Waals surface area contributed by atoms with Crippen LogP contribution in [0.5, 0.6) is 0 Å². The molecule has 1 aliphatic rings. The lowest BCUT2D eigenvalue weighted by Crippen LogP contribution is -2.27. The molecule has 58 valence electrons. The van der Waals surface area contributed by atoms with Crippen molar-refractivity contribution in [2.75, 3.05) is 0 Å². The molecule has 1 unspecified atom stereocenters. The highest BCUT2D eigenvalue weighted by atomic mass is 35.5. The summed E-state index contributed by atoms with van der Waals surface area (Å²) in [5.74, 6) is -0.542. The molecular formula is C6H4ClNO3. The van der Waals surface area contributed by atoms with Gasteiger partial charge in [0.15, 0.2) is 0 Å². The molecule has 0 saturated carbocycles. The van der Waals surface area contributed by atoms with Crippen molar-refractivity contribution in [3.05, 3.63) is 33.4 Å². The number of nitrogens with zero attached hydrogens (tertiary/aromatic N) is 1. The molecule has 0 N–H and O–H groups in total. The molecular weight excluding hydrogens is 170 g/mol. The predicted molar refractivity (Wildman–Crippen MR) is 38.9 cm³/mol. The minimum Gasteiger partial charge on any atom is -0.287 e. The van der Waals surface area contributed by atoms with Gasteiger partial charge in [0, 0.05) is 16.0 Å². The summed E-state index contributed by atoms with van der Waals surface area (Å²) < 4.78 is 0. The Labute approximate surface area is 67.3 Å². The Kier molecular flexibility index (Phi) is 2.05. The Hall–Kier alpha value is -1.16. The molecule has 1 aliphatic carbocycles. The van der Waals surface area contributed by atoms with Gasteiger partial charge in [-0.25, -0.2) is 0 Å². The van der Waals surface area contributed by atoms with Gasteiger partial charge in [-0.3, -0.25) is 14.9 Å². The van der Waals surface area contributed by atoms with Crippen molar-refractivity contribution in [1.82, 2.24) is 0 Å². The highest BCUT2D eigenvalue weighted by molar-refractivity contribution is 6.32. The quantitative estimate of drug-likeness (QED) is 0.437. The predicted octanol–water partition coefficient (Wildman–Crippen LogP) is 0.893. The van der Waals surface area contributed by atoms with Crippen LogP contribution in [-0.2, 0) is 4.79 Å². The molecule has 1 atom stereocenters. The molecule has 5 heteroatoms. The summed E-state index contributed by atoms with van der Waals surface area (Å²) in [4.78, 5) is 20.2. The molecule has 11 heavy (non-hydrogen) atoms. The summed E-state index contributed by atoms with van der Waals surface area (Å²) in [7, 11) is 0. The molecule has 0 bridgehead atoms. The Balaban J connectivity index is 2.90. The summed E-state index contributed by atoms with van der Waals surface area (Å²) in [6.07, 6.45) is 3.56. The van der Waals surface area contributed by atoms with E-state index in [-0.39, 0.29) is 5.03 Å². The van der Waals surface area contributed by atoms with Gasteiger partial charge in [-0.15, -0.1) is 0 Å². The molecule has 0 heterocycles. The van der Waals surface area contributed by atoms with Gasteiger partial charge in [0.05, 0.1) is 0 Å². The van der Waals surface area contributed by atoms with E-state index in [0.717, 1.165) is 12.2 Å². The number of ketones is 1. The van der Waals surface area contributed by atoms with Crippen molar-refractivity contribution in [3.8, 4) is 0 Å². The maximum atomic E-state index is 10.7. The second kappa shape index (κ2) is 2.84. The molecule has 0 spiro atoms. The van der Waals surface area contributed by atoms with Gasteiger partial charge in [0.2, 0.25) is 5.78 Å². The molecule has 0 aromatic rings. The number of hydrogen-bond donors (Lipinski definition) is 0. The van der Waals surface area contributed by atoms with E-state index in [1.54, 1.807) is 0 Å². The van der Waals surface area contributed by atoms with Crippen molar-refractivity contribution in [2.45, 2.75) is 6.04 Å². The van der Waals surface area contributed by atoms with Gasteiger partial charge in [-0.2, -0.15) is 0 Å². The maximum Gasteiger partial charge on any atom is 0.294 e. The average Bonchev–Trinajstić information content (AvgIpc) is 1.94. The van der Waals surface area contributed by atoms with Crippen LogP contribution >= 0.6 is 11.6 Å². The minimum absolute atomic E-state index is 0.228. The minimum atomic E-state index is -1.30. The summed E-state index contributed by atoms with van der Waals surface area (Å²) in [5, 5.41) is 10.4. The highest BCUT2D eigenvalue weighted by Gasteiger charge is 2.27. The van der Waals surface area contributed by atoms with E-state index in [4.69, 9.17) is 11.6 Å². The first kappa shape index (κ1) is 7.94. The molecule has 0 saturated heterocycles. The highest BCUT2D eigenvalue weighted by Crippen LogP contribution is 2.12. The number of nitro groups is 1. The zero-order valence-corrected chi connectivity index (χ0v) is 6.12. The van der Waals surface area contributed by atoms with Crippen LogP contribution in [0.25, 0.3) is 0 Å². The number of halogens is 1. The fourth-order valence-corrected chi connectivity index (χ4v) is 0.896. The third kappa shape index (κ3) is 1.65. The Morgan fingerprint density at radius 1 is 1.55 bits per heavy atom. The Bertz CT molecular complexity index is 269. The normalized spacial score (nSPS) is 23.2.